The number of fused-ring (bicyclic) bond motifs is 1. The van der Waals surface area contributed by atoms with Crippen LogP contribution in [0.2, 0.25) is 0 Å². The fourth-order valence-electron chi connectivity index (χ4n) is 4.70. The van der Waals surface area contributed by atoms with Gasteiger partial charge in [-0.25, -0.2) is 4.90 Å². The normalized spacial score (nSPS) is 25.3. The molecule has 4 atom stereocenters. The second-order valence-corrected chi connectivity index (χ2v) is 8.61. The first-order valence-electron chi connectivity index (χ1n) is 11.5. The van der Waals surface area contributed by atoms with E-state index in [1.54, 1.807) is 12.1 Å². The zero-order chi connectivity index (χ0) is 20.6. The van der Waals surface area contributed by atoms with Crippen molar-refractivity contribution in [3.05, 3.63) is 30.3 Å². The number of rotatable bonds is 11. The minimum absolute atomic E-state index is 0.103. The van der Waals surface area contributed by atoms with Crippen LogP contribution in [0.15, 0.2) is 30.3 Å². The number of carbonyl (C=O) groups is 2. The summed E-state index contributed by atoms with van der Waals surface area (Å²) in [5, 5.41) is 13.9. The van der Waals surface area contributed by atoms with Gasteiger partial charge < -0.3 is 5.11 Å². The Hall–Kier alpha value is -1.72. The third kappa shape index (κ3) is 5.46. The molecule has 1 aromatic carbocycles. The number of aliphatic hydroxyl groups is 1. The van der Waals surface area contributed by atoms with Gasteiger partial charge in [0.1, 0.15) is 0 Å². The second kappa shape index (κ2) is 10.9. The van der Waals surface area contributed by atoms with Crippen LogP contribution in [0.1, 0.15) is 77.6 Å². The minimum Gasteiger partial charge on any atom is -0.392 e. The van der Waals surface area contributed by atoms with Crippen LogP contribution in [0.3, 0.4) is 0 Å². The van der Waals surface area contributed by atoms with Gasteiger partial charge in [-0.1, -0.05) is 76.5 Å². The van der Waals surface area contributed by atoms with Gasteiger partial charge in [0, 0.05) is 6.04 Å². The first-order valence-corrected chi connectivity index (χ1v) is 11.5. The minimum atomic E-state index is -0.505. The van der Waals surface area contributed by atoms with Crippen LogP contribution in [0.4, 0.5) is 5.69 Å². The smallest absolute Gasteiger partial charge is 0.251 e. The highest BCUT2D eigenvalue weighted by Crippen LogP contribution is 2.33. The number of anilines is 1. The van der Waals surface area contributed by atoms with Crippen LogP contribution in [0.5, 0.6) is 0 Å². The van der Waals surface area contributed by atoms with E-state index in [-0.39, 0.29) is 23.8 Å². The Balaban J connectivity index is 1.44. The van der Waals surface area contributed by atoms with Crippen LogP contribution in [0.25, 0.3) is 0 Å². The van der Waals surface area contributed by atoms with E-state index in [1.807, 2.05) is 18.2 Å². The summed E-state index contributed by atoms with van der Waals surface area (Å²) in [4.78, 5) is 27.0. The molecule has 0 spiro atoms. The molecule has 2 saturated heterocycles. The topological polar surface area (TPSA) is 69.6 Å². The fraction of sp³-hybridized carbons (Fsp3) is 0.667. The molecule has 2 heterocycles. The number of imide groups is 1. The number of amides is 2. The average Bonchev–Trinajstić information content (AvgIpc) is 3.00. The van der Waals surface area contributed by atoms with E-state index < -0.39 is 12.1 Å². The molecule has 0 bridgehead atoms. The van der Waals surface area contributed by atoms with Gasteiger partial charge in [-0.3, -0.25) is 14.9 Å². The monoisotopic (exact) mass is 400 g/mol. The third-order valence-electron chi connectivity index (χ3n) is 6.44. The molecule has 2 aliphatic rings. The van der Waals surface area contributed by atoms with Gasteiger partial charge in [0.05, 0.1) is 23.8 Å². The van der Waals surface area contributed by atoms with Gasteiger partial charge in [0.25, 0.3) is 5.91 Å². The Morgan fingerprint density at radius 3 is 2.31 bits per heavy atom. The molecule has 5 heteroatoms. The van der Waals surface area contributed by atoms with Crippen molar-refractivity contribution in [2.24, 2.45) is 5.92 Å². The molecule has 0 aliphatic carbocycles. The summed E-state index contributed by atoms with van der Waals surface area (Å²) >= 11 is 0. The molecule has 2 amide bonds. The maximum Gasteiger partial charge on any atom is 0.251 e. The van der Waals surface area contributed by atoms with Crippen LogP contribution in [0, 0.1) is 5.92 Å². The number of carbonyl (C=O) groups excluding carboxylic acids is 2. The van der Waals surface area contributed by atoms with Crippen LogP contribution in [-0.2, 0) is 9.59 Å². The van der Waals surface area contributed by atoms with Gasteiger partial charge in [-0.15, -0.1) is 0 Å². The molecule has 5 nitrogen and oxygen atoms in total. The summed E-state index contributed by atoms with van der Waals surface area (Å²) in [6.07, 6.45) is 11.6. The maximum absolute atomic E-state index is 12.9. The molecule has 0 aromatic heterocycles. The number of aliphatic hydroxyl groups excluding tert-OH is 1. The Bertz CT molecular complexity index is 663. The Morgan fingerprint density at radius 2 is 1.62 bits per heavy atom. The number of hydrogen-bond acceptors (Lipinski definition) is 4. The highest BCUT2D eigenvalue weighted by molar-refractivity contribution is 6.23. The predicted octanol–water partition coefficient (Wildman–Crippen LogP) is 4.19. The lowest BCUT2D eigenvalue weighted by Gasteiger charge is -2.33. The SMILES string of the molecule is CCCCCCCCCC[C@@H](O)[C@H]1CC[C@H]2C(=O)N(c3ccccc3)C(=O)C2N1. The molecule has 2 fully saturated rings. The molecule has 0 saturated carbocycles. The highest BCUT2D eigenvalue weighted by atomic mass is 16.3. The summed E-state index contributed by atoms with van der Waals surface area (Å²) in [5.41, 5.74) is 0.634. The number of para-hydroxylation sites is 1. The molecule has 1 unspecified atom stereocenters. The quantitative estimate of drug-likeness (QED) is 0.432. The van der Waals surface area contributed by atoms with Crippen molar-refractivity contribution in [3.8, 4) is 0 Å². The summed E-state index contributed by atoms with van der Waals surface area (Å²) in [7, 11) is 0. The van der Waals surface area contributed by atoms with Gasteiger partial charge >= 0.3 is 0 Å². The Kier molecular flexibility index (Phi) is 8.25. The molecule has 2 aliphatic heterocycles. The average molecular weight is 401 g/mol. The number of nitrogens with zero attached hydrogens (tertiary/aromatic N) is 1. The van der Waals surface area contributed by atoms with Crippen molar-refractivity contribution in [3.63, 3.8) is 0 Å². The van der Waals surface area contributed by atoms with E-state index >= 15 is 0 Å². The number of benzene rings is 1. The van der Waals surface area contributed by atoms with Crippen LogP contribution in [-0.4, -0.2) is 35.1 Å². The number of piperidine rings is 1. The van der Waals surface area contributed by atoms with Gasteiger partial charge in [0.15, 0.2) is 0 Å². The Morgan fingerprint density at radius 1 is 0.966 bits per heavy atom. The molecule has 0 radical (unpaired) electrons. The van der Waals surface area contributed by atoms with E-state index in [1.165, 1.54) is 43.4 Å². The van der Waals surface area contributed by atoms with Crippen molar-refractivity contribution >= 4 is 17.5 Å². The molecule has 160 valence electrons. The van der Waals surface area contributed by atoms with E-state index in [0.717, 1.165) is 25.7 Å². The molecule has 1 aromatic rings. The summed E-state index contributed by atoms with van der Waals surface area (Å²) in [6.45, 7) is 2.23. The van der Waals surface area contributed by atoms with Crippen LogP contribution >= 0.6 is 0 Å². The lowest BCUT2D eigenvalue weighted by molar-refractivity contribution is -0.122. The molecule has 29 heavy (non-hydrogen) atoms. The van der Waals surface area contributed by atoms with Gasteiger partial charge in [0.2, 0.25) is 5.91 Å². The first-order chi connectivity index (χ1) is 14.1. The molecule has 3 rings (SSSR count). The van der Waals surface area contributed by atoms with E-state index in [2.05, 4.69) is 12.2 Å². The first kappa shape index (κ1) is 22.0. The number of unbranched alkanes of at least 4 members (excludes halogenated alkanes) is 7. The maximum atomic E-state index is 12.9. The lowest BCUT2D eigenvalue weighted by Crippen LogP contribution is -2.54. The Labute approximate surface area is 174 Å². The van der Waals surface area contributed by atoms with Crippen molar-refractivity contribution in [1.82, 2.24) is 5.32 Å². The zero-order valence-electron chi connectivity index (χ0n) is 17.7. The lowest BCUT2D eigenvalue weighted by atomic mass is 9.86. The van der Waals surface area contributed by atoms with Gasteiger partial charge in [-0.2, -0.15) is 0 Å². The highest BCUT2D eigenvalue weighted by Gasteiger charge is 2.51. The van der Waals surface area contributed by atoms with Crippen molar-refractivity contribution < 1.29 is 14.7 Å². The van der Waals surface area contributed by atoms with E-state index in [4.69, 9.17) is 0 Å². The molecular weight excluding hydrogens is 364 g/mol. The van der Waals surface area contributed by atoms with Crippen molar-refractivity contribution in [2.45, 2.75) is 95.7 Å². The van der Waals surface area contributed by atoms with E-state index in [0.29, 0.717) is 12.1 Å². The predicted molar refractivity (Wildman–Crippen MR) is 116 cm³/mol. The summed E-state index contributed by atoms with van der Waals surface area (Å²) in [6, 6.07) is 8.52. The second-order valence-electron chi connectivity index (χ2n) is 8.61. The van der Waals surface area contributed by atoms with Crippen molar-refractivity contribution in [1.29, 1.82) is 0 Å². The summed E-state index contributed by atoms with van der Waals surface area (Å²) in [5.74, 6) is -0.612. The van der Waals surface area contributed by atoms with Gasteiger partial charge in [-0.05, 0) is 31.4 Å². The summed E-state index contributed by atoms with van der Waals surface area (Å²) < 4.78 is 0. The van der Waals surface area contributed by atoms with Crippen molar-refractivity contribution in [2.75, 3.05) is 4.90 Å². The zero-order valence-corrected chi connectivity index (χ0v) is 17.7. The number of hydrogen-bond donors (Lipinski definition) is 2. The fourth-order valence-corrected chi connectivity index (χ4v) is 4.70. The molecular formula is C24H36N2O3. The van der Waals surface area contributed by atoms with Crippen LogP contribution < -0.4 is 10.2 Å². The standard InChI is InChI=1S/C24H36N2O3/c1-2-3-4-5-6-7-8-12-15-21(27)20-17-16-19-22(25-20)24(29)26(23(19)28)18-13-10-9-11-14-18/h9-11,13-14,19-22,25,27H,2-8,12,15-17H2,1H3/t19-,20-,21-,22?/m1/s1. The molecule has 2 N–H and O–H groups in total. The van der Waals surface area contributed by atoms with E-state index in [9.17, 15) is 14.7 Å². The largest absolute Gasteiger partial charge is 0.392 e. The number of nitrogens with one attached hydrogen (secondary N) is 1. The third-order valence-corrected chi connectivity index (χ3v) is 6.44.